The average molecular weight is 327 g/mol. The van der Waals surface area contributed by atoms with Gasteiger partial charge in [-0.1, -0.05) is 12.1 Å². The van der Waals surface area contributed by atoms with Crippen molar-refractivity contribution >= 4 is 16.8 Å². The van der Waals surface area contributed by atoms with Crippen LogP contribution in [0, 0.1) is 0 Å². The quantitative estimate of drug-likeness (QED) is 0.844. The smallest absolute Gasteiger partial charge is 0.222 e. The second-order valence-corrected chi connectivity index (χ2v) is 7.01. The Balaban J connectivity index is 1.56. The highest BCUT2D eigenvalue weighted by atomic mass is 16.2. The Morgan fingerprint density at radius 2 is 1.88 bits per heavy atom. The van der Waals surface area contributed by atoms with E-state index in [1.54, 1.807) is 0 Å². The second kappa shape index (κ2) is 7.39. The summed E-state index contributed by atoms with van der Waals surface area (Å²) in [5, 5.41) is 1.27. The number of benzene rings is 1. The number of carbonyl (C=O) groups is 1. The zero-order chi connectivity index (χ0) is 17.1. The zero-order valence-corrected chi connectivity index (χ0v) is 15.2. The van der Waals surface area contributed by atoms with Crippen molar-refractivity contribution in [2.45, 2.75) is 46.2 Å². The predicted molar refractivity (Wildman–Crippen MR) is 99.2 cm³/mol. The van der Waals surface area contributed by atoms with Gasteiger partial charge in [-0.25, -0.2) is 0 Å². The molecule has 0 unspecified atom stereocenters. The summed E-state index contributed by atoms with van der Waals surface area (Å²) >= 11 is 0. The average Bonchev–Trinajstić information content (AvgIpc) is 3.02. The van der Waals surface area contributed by atoms with Gasteiger partial charge >= 0.3 is 0 Å². The number of piperazine rings is 1. The number of rotatable bonds is 5. The maximum absolute atomic E-state index is 12.5. The normalized spacial score (nSPS) is 16.2. The van der Waals surface area contributed by atoms with Crippen LogP contribution in [0.3, 0.4) is 0 Å². The largest absolute Gasteiger partial charge is 0.348 e. The first-order valence-electron chi connectivity index (χ1n) is 9.18. The Bertz CT molecular complexity index is 696. The number of nitrogens with zero attached hydrogens (tertiary/aromatic N) is 3. The van der Waals surface area contributed by atoms with Gasteiger partial charge in [0, 0.05) is 56.9 Å². The molecule has 0 spiro atoms. The van der Waals surface area contributed by atoms with Crippen LogP contribution in [-0.4, -0.2) is 52.5 Å². The van der Waals surface area contributed by atoms with Gasteiger partial charge in [0.05, 0.1) is 0 Å². The molecule has 24 heavy (non-hydrogen) atoms. The fourth-order valence-electron chi connectivity index (χ4n) is 3.56. The van der Waals surface area contributed by atoms with E-state index in [9.17, 15) is 4.79 Å². The molecule has 1 fully saturated rings. The summed E-state index contributed by atoms with van der Waals surface area (Å²) in [7, 11) is 0. The number of fused-ring (bicyclic) bond motifs is 1. The number of hydrogen-bond donors (Lipinski definition) is 0. The summed E-state index contributed by atoms with van der Waals surface area (Å²) in [5.74, 6) is 0.296. The van der Waals surface area contributed by atoms with Gasteiger partial charge in [-0.15, -0.1) is 0 Å². The van der Waals surface area contributed by atoms with Gasteiger partial charge in [-0.2, -0.15) is 0 Å². The molecule has 1 amide bonds. The maximum Gasteiger partial charge on any atom is 0.222 e. The van der Waals surface area contributed by atoms with Crippen LogP contribution in [0.2, 0.25) is 0 Å². The van der Waals surface area contributed by atoms with Gasteiger partial charge in [0.1, 0.15) is 0 Å². The molecular weight excluding hydrogens is 298 g/mol. The van der Waals surface area contributed by atoms with Crippen LogP contribution in [0.5, 0.6) is 0 Å². The minimum absolute atomic E-state index is 0.296. The van der Waals surface area contributed by atoms with Gasteiger partial charge in [-0.05, 0) is 50.3 Å². The molecule has 0 saturated carbocycles. The van der Waals surface area contributed by atoms with Gasteiger partial charge in [-0.3, -0.25) is 9.69 Å². The Kier molecular flexibility index (Phi) is 5.24. The molecule has 0 radical (unpaired) electrons. The van der Waals surface area contributed by atoms with Crippen molar-refractivity contribution in [1.29, 1.82) is 0 Å². The van der Waals surface area contributed by atoms with Gasteiger partial charge in [0.2, 0.25) is 5.91 Å². The molecule has 0 N–H and O–H groups in total. The van der Waals surface area contributed by atoms with Crippen molar-refractivity contribution in [1.82, 2.24) is 14.4 Å². The molecule has 1 saturated heterocycles. The lowest BCUT2D eigenvalue weighted by Gasteiger charge is -2.37. The van der Waals surface area contributed by atoms with E-state index in [-0.39, 0.29) is 0 Å². The number of aryl methyl sites for hydroxylation is 2. The van der Waals surface area contributed by atoms with E-state index in [1.807, 2.05) is 4.90 Å². The summed E-state index contributed by atoms with van der Waals surface area (Å²) in [5.41, 5.74) is 2.53. The Hall–Kier alpha value is -1.81. The minimum Gasteiger partial charge on any atom is -0.348 e. The third-order valence-corrected chi connectivity index (χ3v) is 5.20. The topological polar surface area (TPSA) is 28.5 Å². The van der Waals surface area contributed by atoms with Crippen molar-refractivity contribution in [2.75, 3.05) is 26.2 Å². The molecular formula is C20H29N3O. The van der Waals surface area contributed by atoms with Crippen LogP contribution in [-0.2, 0) is 17.8 Å². The predicted octanol–water partition coefficient (Wildman–Crippen LogP) is 3.15. The maximum atomic E-state index is 12.5. The van der Waals surface area contributed by atoms with E-state index in [0.717, 1.165) is 39.1 Å². The highest BCUT2D eigenvalue weighted by Gasteiger charge is 2.22. The molecule has 0 aliphatic carbocycles. The molecule has 1 aliphatic rings. The first-order valence-corrected chi connectivity index (χ1v) is 9.18. The molecule has 2 aromatic rings. The lowest BCUT2D eigenvalue weighted by Crippen LogP contribution is -2.50. The van der Waals surface area contributed by atoms with E-state index < -0.39 is 0 Å². The molecule has 4 heteroatoms. The lowest BCUT2D eigenvalue weighted by atomic mass is 10.1. The molecule has 0 bridgehead atoms. The third kappa shape index (κ3) is 3.64. The van der Waals surface area contributed by atoms with Crippen molar-refractivity contribution in [3.05, 3.63) is 36.0 Å². The summed E-state index contributed by atoms with van der Waals surface area (Å²) < 4.78 is 2.26. The van der Waals surface area contributed by atoms with Crippen molar-refractivity contribution in [2.24, 2.45) is 0 Å². The van der Waals surface area contributed by atoms with Gasteiger partial charge < -0.3 is 9.47 Å². The number of amides is 1. The van der Waals surface area contributed by atoms with Crippen LogP contribution in [0.15, 0.2) is 30.5 Å². The SMILES string of the molecule is CCn1ccc2ccc(CCC(=O)N3CCN(C(C)C)CC3)cc21. The summed E-state index contributed by atoms with van der Waals surface area (Å²) in [6.45, 7) is 11.3. The van der Waals surface area contributed by atoms with Crippen LogP contribution >= 0.6 is 0 Å². The van der Waals surface area contributed by atoms with Gasteiger partial charge in [0.15, 0.2) is 0 Å². The molecule has 3 rings (SSSR count). The van der Waals surface area contributed by atoms with Crippen LogP contribution in [0.4, 0.5) is 0 Å². The monoisotopic (exact) mass is 327 g/mol. The first kappa shape index (κ1) is 17.0. The van der Waals surface area contributed by atoms with E-state index in [4.69, 9.17) is 0 Å². The fraction of sp³-hybridized carbons (Fsp3) is 0.550. The highest BCUT2D eigenvalue weighted by Crippen LogP contribution is 2.19. The third-order valence-electron chi connectivity index (χ3n) is 5.20. The Morgan fingerprint density at radius 1 is 1.12 bits per heavy atom. The molecule has 1 aromatic heterocycles. The van der Waals surface area contributed by atoms with Gasteiger partial charge in [0.25, 0.3) is 0 Å². The second-order valence-electron chi connectivity index (χ2n) is 7.01. The fourth-order valence-corrected chi connectivity index (χ4v) is 3.56. The number of carbonyl (C=O) groups excluding carboxylic acids is 1. The minimum atomic E-state index is 0.296. The van der Waals surface area contributed by atoms with Crippen LogP contribution < -0.4 is 0 Å². The van der Waals surface area contributed by atoms with Crippen molar-refractivity contribution in [3.8, 4) is 0 Å². The molecule has 2 heterocycles. The standard InChI is InChI=1S/C20H29N3O/c1-4-21-10-9-18-7-5-17(15-19(18)21)6-8-20(24)23-13-11-22(12-14-23)16(2)3/h5,7,9-10,15-16H,4,6,8,11-14H2,1-3H3. The van der Waals surface area contributed by atoms with Crippen LogP contribution in [0.1, 0.15) is 32.8 Å². The molecule has 130 valence electrons. The van der Waals surface area contributed by atoms with E-state index in [2.05, 4.69) is 60.7 Å². The van der Waals surface area contributed by atoms with E-state index in [0.29, 0.717) is 18.4 Å². The number of hydrogen-bond acceptors (Lipinski definition) is 2. The van der Waals surface area contributed by atoms with Crippen molar-refractivity contribution in [3.63, 3.8) is 0 Å². The molecule has 1 aliphatic heterocycles. The summed E-state index contributed by atoms with van der Waals surface area (Å²) in [6, 6.07) is 9.29. The Morgan fingerprint density at radius 3 is 2.54 bits per heavy atom. The zero-order valence-electron chi connectivity index (χ0n) is 15.2. The molecule has 4 nitrogen and oxygen atoms in total. The van der Waals surface area contributed by atoms with E-state index in [1.165, 1.54) is 16.5 Å². The molecule has 0 atom stereocenters. The molecule has 1 aromatic carbocycles. The van der Waals surface area contributed by atoms with Crippen molar-refractivity contribution < 1.29 is 4.79 Å². The summed E-state index contributed by atoms with van der Waals surface area (Å²) in [6.07, 6.45) is 3.57. The Labute approximate surface area is 145 Å². The number of aromatic nitrogens is 1. The lowest BCUT2D eigenvalue weighted by molar-refractivity contribution is -0.133. The summed E-state index contributed by atoms with van der Waals surface area (Å²) in [4.78, 5) is 17.0. The highest BCUT2D eigenvalue weighted by molar-refractivity contribution is 5.81. The van der Waals surface area contributed by atoms with Crippen LogP contribution in [0.25, 0.3) is 10.9 Å². The van der Waals surface area contributed by atoms with E-state index >= 15 is 0 Å². The first-order chi connectivity index (χ1) is 11.6.